The molecule has 108 valence electrons. The SMILES string of the molecule is Nc1ncnc2c1ncn2[C@H]1CC[C@@H](COP(P)P)O1. The van der Waals surface area contributed by atoms with Gasteiger partial charge in [-0.25, -0.2) is 15.0 Å². The van der Waals surface area contributed by atoms with Crippen molar-refractivity contribution in [1.82, 2.24) is 19.5 Å². The van der Waals surface area contributed by atoms with E-state index in [9.17, 15) is 0 Å². The van der Waals surface area contributed by atoms with Gasteiger partial charge < -0.3 is 15.0 Å². The Kier molecular flexibility index (Phi) is 4.44. The van der Waals surface area contributed by atoms with Gasteiger partial charge in [-0.3, -0.25) is 4.57 Å². The van der Waals surface area contributed by atoms with E-state index in [0.29, 0.717) is 23.6 Å². The molecule has 1 saturated heterocycles. The highest BCUT2D eigenvalue weighted by atomic mass is 32.4. The summed E-state index contributed by atoms with van der Waals surface area (Å²) in [4.78, 5) is 12.4. The molecule has 2 N–H and O–H groups in total. The van der Waals surface area contributed by atoms with Crippen LogP contribution in [0.1, 0.15) is 19.1 Å². The van der Waals surface area contributed by atoms with E-state index in [1.165, 1.54) is 6.33 Å². The summed E-state index contributed by atoms with van der Waals surface area (Å²) in [6.07, 6.45) is 5.08. The minimum atomic E-state index is -0.511. The summed E-state index contributed by atoms with van der Waals surface area (Å²) < 4.78 is 13.5. The highest BCUT2D eigenvalue weighted by Gasteiger charge is 2.28. The van der Waals surface area contributed by atoms with Crippen molar-refractivity contribution in [3.05, 3.63) is 12.7 Å². The molecule has 1 aliphatic rings. The summed E-state index contributed by atoms with van der Waals surface area (Å²) in [5, 5.41) is 0. The second-order valence-electron chi connectivity index (χ2n) is 4.53. The number of anilines is 1. The van der Waals surface area contributed by atoms with Crippen LogP contribution in [0.15, 0.2) is 12.7 Å². The summed E-state index contributed by atoms with van der Waals surface area (Å²) in [5.74, 6) is 0.392. The van der Waals surface area contributed by atoms with E-state index >= 15 is 0 Å². The van der Waals surface area contributed by atoms with Gasteiger partial charge in [0.25, 0.3) is 0 Å². The number of imidazole rings is 1. The van der Waals surface area contributed by atoms with E-state index in [1.807, 2.05) is 4.57 Å². The largest absolute Gasteiger partial charge is 0.382 e. The Hall–Kier alpha value is -0.440. The molecule has 1 aliphatic heterocycles. The molecule has 7 nitrogen and oxygen atoms in total. The highest BCUT2D eigenvalue weighted by Crippen LogP contribution is 2.53. The van der Waals surface area contributed by atoms with Crippen molar-refractivity contribution in [3.8, 4) is 0 Å². The molecule has 2 aromatic heterocycles. The molecule has 2 unspecified atom stereocenters. The molecule has 0 aliphatic carbocycles. The van der Waals surface area contributed by atoms with Gasteiger partial charge in [-0.05, 0) is 12.8 Å². The number of nitrogens with two attached hydrogens (primary N) is 1. The third kappa shape index (κ3) is 2.93. The molecular weight excluding hydrogens is 315 g/mol. The topological polar surface area (TPSA) is 88.1 Å². The number of ether oxygens (including phenoxy) is 1. The zero-order valence-electron chi connectivity index (χ0n) is 10.7. The van der Waals surface area contributed by atoms with E-state index in [-0.39, 0.29) is 12.3 Å². The fourth-order valence-corrected chi connectivity index (χ4v) is 3.12. The van der Waals surface area contributed by atoms with E-state index in [2.05, 4.69) is 32.8 Å². The van der Waals surface area contributed by atoms with Gasteiger partial charge in [0, 0.05) is 0 Å². The van der Waals surface area contributed by atoms with Crippen molar-refractivity contribution in [2.45, 2.75) is 25.2 Å². The first kappa shape index (κ1) is 14.5. The maximum atomic E-state index is 5.99. The van der Waals surface area contributed by atoms with E-state index in [4.69, 9.17) is 15.0 Å². The van der Waals surface area contributed by atoms with Crippen molar-refractivity contribution < 1.29 is 9.26 Å². The number of hydrogen-bond donors (Lipinski definition) is 1. The van der Waals surface area contributed by atoms with Crippen LogP contribution >= 0.6 is 25.4 Å². The van der Waals surface area contributed by atoms with Gasteiger partial charge >= 0.3 is 0 Å². The maximum absolute atomic E-state index is 5.99. The number of fused-ring (bicyclic) bond motifs is 1. The van der Waals surface area contributed by atoms with Crippen LogP contribution in [0.5, 0.6) is 0 Å². The van der Waals surface area contributed by atoms with E-state index < -0.39 is 7.53 Å². The maximum Gasteiger partial charge on any atom is 0.167 e. The third-order valence-electron chi connectivity index (χ3n) is 3.19. The van der Waals surface area contributed by atoms with E-state index in [1.54, 1.807) is 6.33 Å². The summed E-state index contributed by atoms with van der Waals surface area (Å²) in [6.45, 7) is 0.610. The summed E-state index contributed by atoms with van der Waals surface area (Å²) in [7, 11) is 4.77. The van der Waals surface area contributed by atoms with Crippen LogP contribution in [-0.4, -0.2) is 32.2 Å². The minimum Gasteiger partial charge on any atom is -0.382 e. The fourth-order valence-electron chi connectivity index (χ4n) is 2.26. The first-order valence-corrected chi connectivity index (χ1v) is 10.7. The Labute approximate surface area is 122 Å². The molecule has 0 saturated carbocycles. The smallest absolute Gasteiger partial charge is 0.167 e. The van der Waals surface area contributed by atoms with Crippen molar-refractivity contribution in [3.63, 3.8) is 0 Å². The fraction of sp³-hybridized carbons (Fsp3) is 0.500. The van der Waals surface area contributed by atoms with Gasteiger partial charge in [0.2, 0.25) is 0 Å². The van der Waals surface area contributed by atoms with Crippen LogP contribution < -0.4 is 5.73 Å². The van der Waals surface area contributed by atoms with Gasteiger partial charge in [0.1, 0.15) is 18.1 Å². The second-order valence-corrected chi connectivity index (χ2v) is 10.3. The van der Waals surface area contributed by atoms with Gasteiger partial charge in [-0.2, -0.15) is 0 Å². The van der Waals surface area contributed by atoms with Crippen LogP contribution in [0.25, 0.3) is 11.2 Å². The zero-order chi connectivity index (χ0) is 14.1. The van der Waals surface area contributed by atoms with Crippen molar-refractivity contribution in [2.75, 3.05) is 12.3 Å². The average Bonchev–Trinajstić information content (AvgIpc) is 3.02. The molecule has 0 amide bonds. The first-order valence-electron chi connectivity index (χ1n) is 6.16. The molecule has 0 bridgehead atoms. The van der Waals surface area contributed by atoms with Gasteiger partial charge in [-0.15, -0.1) is 0 Å². The van der Waals surface area contributed by atoms with Gasteiger partial charge in [-0.1, -0.05) is 17.9 Å². The van der Waals surface area contributed by atoms with Crippen LogP contribution in [0.4, 0.5) is 5.82 Å². The lowest BCUT2D eigenvalue weighted by Gasteiger charge is -2.16. The first-order chi connectivity index (χ1) is 9.65. The predicted molar refractivity (Wildman–Crippen MR) is 85.2 cm³/mol. The van der Waals surface area contributed by atoms with Crippen molar-refractivity contribution in [2.24, 2.45) is 0 Å². The molecule has 10 heteroatoms. The molecular formula is C10H16N5O2P3. The summed E-state index contributed by atoms with van der Waals surface area (Å²) >= 11 is 0. The van der Waals surface area contributed by atoms with Crippen molar-refractivity contribution >= 4 is 42.4 Å². The number of aromatic nitrogens is 4. The Morgan fingerprint density at radius 3 is 3.05 bits per heavy atom. The Balaban J connectivity index is 1.75. The quantitative estimate of drug-likeness (QED) is 0.863. The molecule has 3 heterocycles. The molecule has 1 fully saturated rings. The van der Waals surface area contributed by atoms with E-state index in [0.717, 1.165) is 12.8 Å². The lowest BCUT2D eigenvalue weighted by molar-refractivity contribution is -0.0134. The number of nitrogens with zero attached hydrogens (tertiary/aromatic N) is 4. The third-order valence-corrected chi connectivity index (χ3v) is 4.53. The van der Waals surface area contributed by atoms with Crippen LogP contribution in [-0.2, 0) is 9.26 Å². The van der Waals surface area contributed by atoms with Crippen molar-refractivity contribution in [1.29, 1.82) is 0 Å². The second kappa shape index (κ2) is 6.13. The summed E-state index contributed by atoms with van der Waals surface area (Å²) in [6, 6.07) is 0. The Morgan fingerprint density at radius 2 is 2.25 bits per heavy atom. The lowest BCUT2D eigenvalue weighted by atomic mass is 10.2. The summed E-state index contributed by atoms with van der Waals surface area (Å²) in [5.41, 5.74) is 7.12. The number of rotatable bonds is 4. The predicted octanol–water partition coefficient (Wildman–Crippen LogP) is 2.08. The number of nitrogen functional groups attached to an aromatic ring is 1. The number of hydrogen-bond acceptors (Lipinski definition) is 6. The molecule has 20 heavy (non-hydrogen) atoms. The molecule has 4 atom stereocenters. The monoisotopic (exact) mass is 331 g/mol. The zero-order valence-corrected chi connectivity index (χ0v) is 13.9. The highest BCUT2D eigenvalue weighted by molar-refractivity contribution is 8.41. The Bertz CT molecular complexity index is 608. The molecule has 2 aromatic rings. The average molecular weight is 331 g/mol. The lowest BCUT2D eigenvalue weighted by Crippen LogP contribution is -2.15. The van der Waals surface area contributed by atoms with Gasteiger partial charge in [0.05, 0.1) is 26.6 Å². The molecule has 0 radical (unpaired) electrons. The standard InChI is InChI=1S/C10H16N5O2P3/c11-9-8-10(13-4-12-9)15(5-14-8)7-2-1-6(17-7)3-16-20(18)19/h4-7H,1-3,18-19H2,(H2,11,12,13)/t6-,7+/m0/s1. The van der Waals surface area contributed by atoms with Crippen LogP contribution in [0.2, 0.25) is 0 Å². The van der Waals surface area contributed by atoms with Crippen LogP contribution in [0.3, 0.4) is 0 Å². The normalized spacial score (nSPS) is 22.9. The van der Waals surface area contributed by atoms with Gasteiger partial charge in [0.15, 0.2) is 11.5 Å². The molecule has 0 spiro atoms. The molecule has 0 aromatic carbocycles. The minimum absolute atomic E-state index is 0.0665. The van der Waals surface area contributed by atoms with Crippen LogP contribution in [0, 0.1) is 0 Å². The Morgan fingerprint density at radius 1 is 1.40 bits per heavy atom. The molecule has 3 rings (SSSR count).